The fourth-order valence-electron chi connectivity index (χ4n) is 7.28. The van der Waals surface area contributed by atoms with Crippen molar-refractivity contribution < 1.29 is 24.2 Å². The summed E-state index contributed by atoms with van der Waals surface area (Å²) in [6.45, 7) is 5.47. The molecular weight excluding hydrogens is 367 g/mol. The minimum Gasteiger partial charge on any atom is -0.390 e. The molecule has 0 aromatic heterocycles. The molecule has 3 fully saturated rings. The van der Waals surface area contributed by atoms with E-state index in [-0.39, 0.29) is 30.5 Å². The smallest absolute Gasteiger partial charge is 0.218 e. The van der Waals surface area contributed by atoms with E-state index < -0.39 is 39.2 Å². The lowest BCUT2D eigenvalue weighted by Gasteiger charge is -2.62. The van der Waals surface area contributed by atoms with E-state index in [0.29, 0.717) is 25.7 Å². The minimum atomic E-state index is -1.85. The molecule has 4 rings (SSSR count). The first-order valence-corrected chi connectivity index (χ1v) is 10.4. The SMILES string of the molecule is C[C@@H]1C[C@H]2[C@@H]3CC=C4CC(=O)CC[C@]4(C)[C@@]3(F)[C@@H](O)C[C@]2(C)[C@@]1(O)C(=O)S. The summed E-state index contributed by atoms with van der Waals surface area (Å²) in [6.07, 6.45) is 2.66. The van der Waals surface area contributed by atoms with E-state index in [1.165, 1.54) is 0 Å². The molecule has 0 unspecified atom stereocenters. The second-order valence-corrected chi connectivity index (χ2v) is 10.2. The summed E-state index contributed by atoms with van der Waals surface area (Å²) in [5.74, 6) is -0.940. The zero-order chi connectivity index (χ0) is 20.0. The molecule has 27 heavy (non-hydrogen) atoms. The topological polar surface area (TPSA) is 74.6 Å². The Hall–Kier alpha value is -0.720. The molecule has 0 amide bonds. The van der Waals surface area contributed by atoms with E-state index >= 15 is 4.39 Å². The normalized spacial score (nSPS) is 54.6. The second kappa shape index (κ2) is 5.67. The molecule has 150 valence electrons. The monoisotopic (exact) mass is 396 g/mol. The zero-order valence-corrected chi connectivity index (χ0v) is 17.1. The molecule has 0 aromatic rings. The van der Waals surface area contributed by atoms with Crippen LogP contribution in [0.5, 0.6) is 0 Å². The van der Waals surface area contributed by atoms with Crippen molar-refractivity contribution in [2.75, 3.05) is 0 Å². The summed E-state index contributed by atoms with van der Waals surface area (Å²) in [5, 5.41) is 21.8. The van der Waals surface area contributed by atoms with Crippen LogP contribution in [0.3, 0.4) is 0 Å². The number of fused-ring (bicyclic) bond motifs is 5. The number of hydrogen-bond acceptors (Lipinski definition) is 4. The Kier molecular flexibility index (Phi) is 4.11. The van der Waals surface area contributed by atoms with Crippen LogP contribution in [0.2, 0.25) is 0 Å². The van der Waals surface area contributed by atoms with Crippen LogP contribution in [0, 0.1) is 28.6 Å². The lowest BCUT2D eigenvalue weighted by Crippen LogP contribution is -2.69. The highest BCUT2D eigenvalue weighted by Gasteiger charge is 2.75. The first-order chi connectivity index (χ1) is 12.4. The maximum Gasteiger partial charge on any atom is 0.218 e. The molecule has 6 heteroatoms. The molecule has 2 N–H and O–H groups in total. The standard InChI is InChI=1S/C21H29FO4S/c1-11-8-15-14-5-4-12-9-13(23)6-7-18(12,2)20(14,22)16(24)10-19(15,3)21(11,26)17(25)27/h4,11,14-16,24,26H,5-10H2,1-3H3,(H,25,27)/t11-,14+,15+,16+,18+,19+,20+,21+/m1/s1. The first kappa shape index (κ1) is 19.6. The predicted molar refractivity (Wildman–Crippen MR) is 102 cm³/mol. The van der Waals surface area contributed by atoms with Crippen molar-refractivity contribution in [3.05, 3.63) is 11.6 Å². The highest BCUT2D eigenvalue weighted by atomic mass is 32.1. The third-order valence-corrected chi connectivity index (χ3v) is 9.27. The number of halogens is 1. The Morgan fingerprint density at radius 3 is 2.63 bits per heavy atom. The van der Waals surface area contributed by atoms with Gasteiger partial charge >= 0.3 is 0 Å². The van der Waals surface area contributed by atoms with Crippen molar-refractivity contribution in [1.29, 1.82) is 0 Å². The molecule has 4 nitrogen and oxygen atoms in total. The van der Waals surface area contributed by atoms with Crippen molar-refractivity contribution in [3.8, 4) is 0 Å². The van der Waals surface area contributed by atoms with Crippen molar-refractivity contribution in [1.82, 2.24) is 0 Å². The lowest BCUT2D eigenvalue weighted by molar-refractivity contribution is -0.221. The van der Waals surface area contributed by atoms with E-state index in [2.05, 4.69) is 12.6 Å². The predicted octanol–water partition coefficient (Wildman–Crippen LogP) is 3.01. The number of alkyl halides is 1. The minimum absolute atomic E-state index is 0.0224. The van der Waals surface area contributed by atoms with Gasteiger partial charge in [0, 0.05) is 29.6 Å². The summed E-state index contributed by atoms with van der Waals surface area (Å²) in [5.41, 5.74) is -4.51. The Morgan fingerprint density at radius 1 is 1.33 bits per heavy atom. The maximum absolute atomic E-state index is 16.9. The molecule has 0 radical (unpaired) electrons. The molecule has 4 aliphatic rings. The van der Waals surface area contributed by atoms with Gasteiger partial charge in [-0.05, 0) is 37.5 Å². The van der Waals surface area contributed by atoms with Gasteiger partial charge in [0.25, 0.3) is 0 Å². The van der Waals surface area contributed by atoms with Crippen molar-refractivity contribution in [2.24, 2.45) is 28.6 Å². The summed E-state index contributed by atoms with van der Waals surface area (Å²) in [6, 6.07) is 0. The van der Waals surface area contributed by atoms with Crippen molar-refractivity contribution in [2.45, 2.75) is 76.7 Å². The van der Waals surface area contributed by atoms with Gasteiger partial charge in [-0.3, -0.25) is 9.59 Å². The highest BCUT2D eigenvalue weighted by molar-refractivity contribution is 7.96. The van der Waals surface area contributed by atoms with Gasteiger partial charge in [-0.2, -0.15) is 0 Å². The van der Waals surface area contributed by atoms with Crippen LogP contribution in [0.15, 0.2) is 11.6 Å². The number of Topliss-reactive ketones (excluding diaryl/α,β-unsaturated/α-hetero) is 1. The lowest BCUT2D eigenvalue weighted by atomic mass is 9.44. The number of aliphatic hydroxyl groups excluding tert-OH is 1. The van der Waals surface area contributed by atoms with Crippen LogP contribution in [-0.2, 0) is 9.59 Å². The summed E-state index contributed by atoms with van der Waals surface area (Å²) < 4.78 is 16.9. The van der Waals surface area contributed by atoms with Crippen molar-refractivity contribution in [3.63, 3.8) is 0 Å². The van der Waals surface area contributed by atoms with Crippen LogP contribution in [0.25, 0.3) is 0 Å². The molecule has 0 aromatic carbocycles. The van der Waals surface area contributed by atoms with E-state index in [1.807, 2.05) is 26.8 Å². The summed E-state index contributed by atoms with van der Waals surface area (Å²) >= 11 is 3.96. The Bertz CT molecular complexity index is 752. The molecule has 0 bridgehead atoms. The average molecular weight is 397 g/mol. The zero-order valence-electron chi connectivity index (χ0n) is 16.2. The molecule has 0 spiro atoms. The van der Waals surface area contributed by atoms with Crippen LogP contribution < -0.4 is 0 Å². The van der Waals surface area contributed by atoms with E-state index in [4.69, 9.17) is 0 Å². The molecule has 0 saturated heterocycles. The molecular formula is C21H29FO4S. The van der Waals surface area contributed by atoms with Gasteiger partial charge in [0.05, 0.1) is 6.10 Å². The number of carbonyl (C=O) groups excluding carboxylic acids is 2. The quantitative estimate of drug-likeness (QED) is 0.471. The third-order valence-electron chi connectivity index (χ3n) is 8.93. The second-order valence-electron chi connectivity index (χ2n) is 9.84. The number of hydrogen-bond donors (Lipinski definition) is 3. The van der Waals surface area contributed by atoms with Gasteiger partial charge in [0.1, 0.15) is 17.1 Å². The van der Waals surface area contributed by atoms with E-state index in [1.54, 1.807) is 0 Å². The van der Waals surface area contributed by atoms with Crippen LogP contribution in [-0.4, -0.2) is 38.5 Å². The number of thiol groups is 1. The van der Waals surface area contributed by atoms with Gasteiger partial charge in [0.15, 0.2) is 0 Å². The number of ketones is 1. The Labute approximate surface area is 165 Å². The summed E-state index contributed by atoms with van der Waals surface area (Å²) in [4.78, 5) is 24.2. The molecule has 8 atom stereocenters. The maximum atomic E-state index is 16.9. The van der Waals surface area contributed by atoms with Gasteiger partial charge in [-0.1, -0.05) is 32.4 Å². The fraction of sp³-hybridized carbons (Fsp3) is 0.810. The Morgan fingerprint density at radius 2 is 2.00 bits per heavy atom. The van der Waals surface area contributed by atoms with Gasteiger partial charge in [0.2, 0.25) is 5.12 Å². The van der Waals surface area contributed by atoms with Gasteiger partial charge in [-0.25, -0.2) is 4.39 Å². The van der Waals surface area contributed by atoms with Gasteiger partial charge < -0.3 is 10.2 Å². The number of allylic oxidation sites excluding steroid dienone is 2. The van der Waals surface area contributed by atoms with E-state index in [9.17, 15) is 19.8 Å². The Balaban J connectivity index is 1.84. The molecule has 0 heterocycles. The third kappa shape index (κ3) is 2.07. The molecule has 3 saturated carbocycles. The number of aliphatic hydroxyl groups is 2. The number of carbonyl (C=O) groups is 2. The first-order valence-electron chi connectivity index (χ1n) is 9.97. The van der Waals surface area contributed by atoms with Crippen LogP contribution >= 0.6 is 12.6 Å². The number of rotatable bonds is 1. The fourth-order valence-corrected chi connectivity index (χ4v) is 7.76. The van der Waals surface area contributed by atoms with Crippen LogP contribution in [0.1, 0.15) is 59.3 Å². The largest absolute Gasteiger partial charge is 0.390 e. The molecule has 0 aliphatic heterocycles. The van der Waals surface area contributed by atoms with Crippen LogP contribution in [0.4, 0.5) is 4.39 Å². The highest BCUT2D eigenvalue weighted by Crippen LogP contribution is 2.70. The van der Waals surface area contributed by atoms with Gasteiger partial charge in [-0.15, -0.1) is 12.6 Å². The average Bonchev–Trinajstić information content (AvgIpc) is 2.79. The molecule has 4 aliphatic carbocycles. The van der Waals surface area contributed by atoms with Crippen molar-refractivity contribution >= 4 is 23.5 Å². The summed E-state index contributed by atoms with van der Waals surface area (Å²) in [7, 11) is 0. The van der Waals surface area contributed by atoms with E-state index in [0.717, 1.165) is 5.57 Å².